The number of hydrogen-bond donors (Lipinski definition) is 1. The minimum atomic E-state index is 0.502. The Kier molecular flexibility index (Phi) is 4.60. The molecule has 1 atom stereocenters. The number of nitrogens with one attached hydrogen (secondary N) is 1. The van der Waals surface area contributed by atoms with Gasteiger partial charge in [-0.25, -0.2) is 0 Å². The number of rotatable bonds is 2. The maximum Gasteiger partial charge on any atom is 0.0501 e. The van der Waals surface area contributed by atoms with Crippen LogP contribution in [0.3, 0.4) is 0 Å². The molecule has 0 amide bonds. The van der Waals surface area contributed by atoms with E-state index >= 15 is 0 Å². The van der Waals surface area contributed by atoms with Crippen LogP contribution in [-0.4, -0.2) is 6.04 Å². The first-order valence-corrected chi connectivity index (χ1v) is 7.85. The van der Waals surface area contributed by atoms with Gasteiger partial charge < -0.3 is 5.32 Å². The highest BCUT2D eigenvalue weighted by Crippen LogP contribution is 2.35. The van der Waals surface area contributed by atoms with E-state index in [0.29, 0.717) is 11.5 Å². The monoisotopic (exact) mass is 329 g/mol. The van der Waals surface area contributed by atoms with E-state index in [9.17, 15) is 0 Å². The Morgan fingerprint density at radius 1 is 1.28 bits per heavy atom. The largest absolute Gasteiger partial charge is 0.381 e. The van der Waals surface area contributed by atoms with Gasteiger partial charge in [0.15, 0.2) is 0 Å². The van der Waals surface area contributed by atoms with Crippen molar-refractivity contribution in [3.8, 4) is 0 Å². The predicted molar refractivity (Wildman–Crippen MR) is 83.4 cm³/mol. The quantitative estimate of drug-likeness (QED) is 0.668. The lowest BCUT2D eigenvalue weighted by molar-refractivity contribution is 0.313. The molecular weight excluding hydrogens is 310 g/mol. The zero-order valence-electron chi connectivity index (χ0n) is 11.1. The van der Waals surface area contributed by atoms with Crippen LogP contribution in [0.2, 0.25) is 5.02 Å². The number of anilines is 1. The lowest BCUT2D eigenvalue weighted by Crippen LogP contribution is -2.19. The zero-order chi connectivity index (χ0) is 13.2. The van der Waals surface area contributed by atoms with Gasteiger partial charge in [0.25, 0.3) is 0 Å². The molecule has 1 aliphatic carbocycles. The molecule has 2 rings (SSSR count). The second-order valence-corrected chi connectivity index (χ2v) is 7.35. The molecule has 0 bridgehead atoms. The molecule has 1 fully saturated rings. The molecule has 0 aromatic heterocycles. The number of halogens is 2. The van der Waals surface area contributed by atoms with Crippen LogP contribution >= 0.6 is 27.5 Å². The SMILES string of the molecule is CC1(C)CCCC(Nc2cc(Cl)ccc2Br)CC1. The van der Waals surface area contributed by atoms with Crippen molar-refractivity contribution in [3.63, 3.8) is 0 Å². The van der Waals surface area contributed by atoms with E-state index < -0.39 is 0 Å². The van der Waals surface area contributed by atoms with Gasteiger partial charge >= 0.3 is 0 Å². The summed E-state index contributed by atoms with van der Waals surface area (Å²) >= 11 is 9.63. The van der Waals surface area contributed by atoms with Crippen LogP contribution in [0.4, 0.5) is 5.69 Å². The van der Waals surface area contributed by atoms with Gasteiger partial charge in [-0.05, 0) is 65.2 Å². The Balaban J connectivity index is 2.03. The minimum Gasteiger partial charge on any atom is -0.381 e. The fraction of sp³-hybridized carbons (Fsp3) is 0.600. The number of benzene rings is 1. The van der Waals surface area contributed by atoms with Gasteiger partial charge in [-0.15, -0.1) is 0 Å². The van der Waals surface area contributed by atoms with Crippen LogP contribution in [-0.2, 0) is 0 Å². The molecule has 0 aliphatic heterocycles. The van der Waals surface area contributed by atoms with E-state index in [-0.39, 0.29) is 0 Å². The average molecular weight is 331 g/mol. The molecule has 0 radical (unpaired) electrons. The molecule has 1 aliphatic rings. The summed E-state index contributed by atoms with van der Waals surface area (Å²) in [7, 11) is 0. The summed E-state index contributed by atoms with van der Waals surface area (Å²) < 4.78 is 1.09. The summed E-state index contributed by atoms with van der Waals surface area (Å²) in [5, 5.41) is 4.42. The molecule has 1 saturated carbocycles. The number of hydrogen-bond acceptors (Lipinski definition) is 1. The normalized spacial score (nSPS) is 23.4. The van der Waals surface area contributed by atoms with Crippen LogP contribution in [0, 0.1) is 5.41 Å². The van der Waals surface area contributed by atoms with E-state index in [2.05, 4.69) is 35.1 Å². The van der Waals surface area contributed by atoms with Crippen molar-refractivity contribution < 1.29 is 0 Å². The summed E-state index contributed by atoms with van der Waals surface area (Å²) in [4.78, 5) is 0. The fourth-order valence-corrected chi connectivity index (χ4v) is 3.17. The Morgan fingerprint density at radius 2 is 2.06 bits per heavy atom. The average Bonchev–Trinajstić information content (AvgIpc) is 2.46. The maximum atomic E-state index is 6.05. The summed E-state index contributed by atoms with van der Waals surface area (Å²) in [5.41, 5.74) is 1.62. The molecule has 18 heavy (non-hydrogen) atoms. The van der Waals surface area contributed by atoms with Gasteiger partial charge in [-0.3, -0.25) is 0 Å². The van der Waals surface area contributed by atoms with E-state index in [1.54, 1.807) is 0 Å². The third-order valence-corrected chi connectivity index (χ3v) is 4.79. The van der Waals surface area contributed by atoms with Crippen LogP contribution in [0.1, 0.15) is 46.0 Å². The van der Waals surface area contributed by atoms with Crippen LogP contribution in [0.5, 0.6) is 0 Å². The molecule has 1 nitrogen and oxygen atoms in total. The molecule has 3 heteroatoms. The third kappa shape index (κ3) is 3.89. The van der Waals surface area contributed by atoms with E-state index in [1.807, 2.05) is 18.2 Å². The summed E-state index contributed by atoms with van der Waals surface area (Å²) in [5.74, 6) is 0. The second-order valence-electron chi connectivity index (χ2n) is 6.06. The summed E-state index contributed by atoms with van der Waals surface area (Å²) in [6, 6.07) is 6.49. The summed E-state index contributed by atoms with van der Waals surface area (Å²) in [6.07, 6.45) is 6.43. The summed E-state index contributed by atoms with van der Waals surface area (Å²) in [6.45, 7) is 4.76. The van der Waals surface area contributed by atoms with Crippen LogP contribution in [0.25, 0.3) is 0 Å². The van der Waals surface area contributed by atoms with E-state index in [4.69, 9.17) is 11.6 Å². The first-order chi connectivity index (χ1) is 8.46. The van der Waals surface area contributed by atoms with Crippen molar-refractivity contribution >= 4 is 33.2 Å². The first kappa shape index (κ1) is 14.2. The second kappa shape index (κ2) is 5.83. The molecule has 0 spiro atoms. The lowest BCUT2D eigenvalue weighted by Gasteiger charge is -2.22. The van der Waals surface area contributed by atoms with Gasteiger partial charge in [0.2, 0.25) is 0 Å². The van der Waals surface area contributed by atoms with Crippen molar-refractivity contribution in [2.75, 3.05) is 5.32 Å². The van der Waals surface area contributed by atoms with Crippen molar-refractivity contribution in [2.45, 2.75) is 52.0 Å². The highest BCUT2D eigenvalue weighted by Gasteiger charge is 2.24. The van der Waals surface area contributed by atoms with Crippen molar-refractivity contribution in [2.24, 2.45) is 5.41 Å². The van der Waals surface area contributed by atoms with Gasteiger partial charge in [-0.1, -0.05) is 31.9 Å². The molecule has 1 aromatic rings. The first-order valence-electron chi connectivity index (χ1n) is 6.68. The molecule has 1 aromatic carbocycles. The van der Waals surface area contributed by atoms with Crippen molar-refractivity contribution in [3.05, 3.63) is 27.7 Å². The highest BCUT2D eigenvalue weighted by molar-refractivity contribution is 9.10. The fourth-order valence-electron chi connectivity index (χ4n) is 2.63. The van der Waals surface area contributed by atoms with Gasteiger partial charge in [0, 0.05) is 15.5 Å². The Labute approximate surface area is 123 Å². The van der Waals surface area contributed by atoms with Crippen molar-refractivity contribution in [1.82, 2.24) is 0 Å². The molecule has 0 heterocycles. The standard InChI is InChI=1S/C15H21BrClN/c1-15(2)8-3-4-12(7-9-15)18-14-10-11(17)5-6-13(14)16/h5-6,10,12,18H,3-4,7-9H2,1-2H3. The van der Waals surface area contributed by atoms with Gasteiger partial charge in [0.1, 0.15) is 0 Å². The molecule has 1 unspecified atom stereocenters. The zero-order valence-corrected chi connectivity index (χ0v) is 13.4. The molecule has 0 saturated heterocycles. The Hall–Kier alpha value is -0.210. The topological polar surface area (TPSA) is 12.0 Å². The lowest BCUT2D eigenvalue weighted by atomic mass is 9.85. The molecule has 100 valence electrons. The van der Waals surface area contributed by atoms with Crippen LogP contribution < -0.4 is 5.32 Å². The van der Waals surface area contributed by atoms with E-state index in [1.165, 1.54) is 32.1 Å². The van der Waals surface area contributed by atoms with E-state index in [0.717, 1.165) is 15.2 Å². The molecular formula is C15H21BrClN. The predicted octanol–water partition coefficient (Wildman–Crippen LogP) is 5.87. The van der Waals surface area contributed by atoms with Gasteiger partial charge in [0.05, 0.1) is 5.69 Å². The highest BCUT2D eigenvalue weighted by atomic mass is 79.9. The maximum absolute atomic E-state index is 6.05. The third-order valence-electron chi connectivity index (χ3n) is 3.86. The molecule has 1 N–H and O–H groups in total. The van der Waals surface area contributed by atoms with Crippen molar-refractivity contribution in [1.29, 1.82) is 0 Å². The smallest absolute Gasteiger partial charge is 0.0501 e. The van der Waals surface area contributed by atoms with Crippen LogP contribution in [0.15, 0.2) is 22.7 Å². The Morgan fingerprint density at radius 3 is 2.83 bits per heavy atom. The Bertz CT molecular complexity index is 417. The van der Waals surface area contributed by atoms with Gasteiger partial charge in [-0.2, -0.15) is 0 Å². The minimum absolute atomic E-state index is 0.502.